The average molecular weight is 383 g/mol. The van der Waals surface area contributed by atoms with E-state index in [0.717, 1.165) is 13.0 Å². The van der Waals surface area contributed by atoms with Crippen molar-refractivity contribution in [2.45, 2.75) is 19.9 Å². The first kappa shape index (κ1) is 16.2. The zero-order valence-electron chi connectivity index (χ0n) is 16.9. The van der Waals surface area contributed by atoms with E-state index in [2.05, 4.69) is 96.4 Å². The monoisotopic (exact) mass is 383 g/mol. The maximum Gasteiger partial charge on any atom is 0.0498 e. The summed E-state index contributed by atoms with van der Waals surface area (Å²) in [5.74, 6) is 0. The van der Waals surface area contributed by atoms with Crippen molar-refractivity contribution in [2.75, 3.05) is 0 Å². The third-order valence-corrected chi connectivity index (χ3v) is 6.95. The molecule has 142 valence electrons. The Labute approximate surface area is 175 Å². The molecule has 1 aliphatic carbocycles. The van der Waals surface area contributed by atoms with Gasteiger partial charge in [-0.15, -0.1) is 0 Å². The fourth-order valence-electron chi connectivity index (χ4n) is 5.66. The zero-order valence-corrected chi connectivity index (χ0v) is 16.9. The highest BCUT2D eigenvalue weighted by atomic mass is 15.0. The van der Waals surface area contributed by atoms with Gasteiger partial charge in [0.1, 0.15) is 0 Å². The average Bonchev–Trinajstić information content (AvgIpc) is 3.31. The second-order valence-electron chi connectivity index (χ2n) is 8.45. The van der Waals surface area contributed by atoms with Gasteiger partial charge in [-0.25, -0.2) is 0 Å². The van der Waals surface area contributed by atoms with Gasteiger partial charge >= 0.3 is 0 Å². The SMILES string of the molecule is CCn1c2ccc3c(c2c2c4ccccc4ccc21)-c1cc2ccccc2cc1C3. The molecule has 30 heavy (non-hydrogen) atoms. The van der Waals surface area contributed by atoms with E-state index >= 15 is 0 Å². The van der Waals surface area contributed by atoms with Crippen LogP contribution < -0.4 is 0 Å². The molecule has 0 aliphatic heterocycles. The van der Waals surface area contributed by atoms with Crippen LogP contribution in [0, 0.1) is 0 Å². The number of hydrogen-bond acceptors (Lipinski definition) is 0. The Hall–Kier alpha value is -3.58. The van der Waals surface area contributed by atoms with Crippen LogP contribution in [0.2, 0.25) is 0 Å². The molecule has 0 atom stereocenters. The van der Waals surface area contributed by atoms with E-state index in [9.17, 15) is 0 Å². The largest absolute Gasteiger partial charge is 0.341 e. The predicted octanol–water partition coefficient (Wildman–Crippen LogP) is 7.69. The third kappa shape index (κ3) is 1.97. The van der Waals surface area contributed by atoms with Crippen molar-refractivity contribution in [2.24, 2.45) is 0 Å². The lowest BCUT2D eigenvalue weighted by atomic mass is 9.95. The van der Waals surface area contributed by atoms with Crippen LogP contribution in [0.25, 0.3) is 54.5 Å². The normalized spacial score (nSPS) is 12.8. The van der Waals surface area contributed by atoms with Crippen LogP contribution in [0.1, 0.15) is 18.1 Å². The summed E-state index contributed by atoms with van der Waals surface area (Å²) < 4.78 is 2.48. The molecule has 1 nitrogen and oxygen atoms in total. The lowest BCUT2D eigenvalue weighted by Crippen LogP contribution is -1.93. The molecule has 7 rings (SSSR count). The summed E-state index contributed by atoms with van der Waals surface area (Å²) in [5, 5.41) is 8.16. The van der Waals surface area contributed by atoms with Crippen LogP contribution in [-0.2, 0) is 13.0 Å². The Morgan fingerprint density at radius 3 is 2.20 bits per heavy atom. The van der Waals surface area contributed by atoms with Gasteiger partial charge in [0, 0.05) is 28.4 Å². The third-order valence-electron chi connectivity index (χ3n) is 6.95. The molecule has 0 saturated heterocycles. The molecule has 0 saturated carbocycles. The van der Waals surface area contributed by atoms with Crippen molar-refractivity contribution < 1.29 is 0 Å². The van der Waals surface area contributed by atoms with E-state index in [1.54, 1.807) is 0 Å². The molecule has 0 amide bonds. The summed E-state index contributed by atoms with van der Waals surface area (Å²) in [4.78, 5) is 0. The maximum absolute atomic E-state index is 2.48. The minimum absolute atomic E-state index is 0.974. The molecule has 0 radical (unpaired) electrons. The number of benzene rings is 5. The Balaban J connectivity index is 1.72. The van der Waals surface area contributed by atoms with Crippen LogP contribution in [-0.4, -0.2) is 4.57 Å². The van der Waals surface area contributed by atoms with Crippen molar-refractivity contribution in [1.29, 1.82) is 0 Å². The molecule has 0 N–H and O–H groups in total. The first-order chi connectivity index (χ1) is 14.8. The first-order valence-corrected chi connectivity index (χ1v) is 10.8. The van der Waals surface area contributed by atoms with Gasteiger partial charge in [-0.2, -0.15) is 0 Å². The molecule has 0 bridgehead atoms. The minimum Gasteiger partial charge on any atom is -0.341 e. The summed E-state index contributed by atoms with van der Waals surface area (Å²) >= 11 is 0. The summed E-state index contributed by atoms with van der Waals surface area (Å²) in [6.45, 7) is 3.23. The second kappa shape index (κ2) is 5.73. The van der Waals surface area contributed by atoms with E-state index in [-0.39, 0.29) is 0 Å². The number of aryl methyl sites for hydroxylation is 1. The van der Waals surface area contributed by atoms with E-state index in [1.807, 2.05) is 0 Å². The van der Waals surface area contributed by atoms with Crippen LogP contribution >= 0.6 is 0 Å². The lowest BCUT2D eigenvalue weighted by molar-refractivity contribution is 0.827. The van der Waals surface area contributed by atoms with Crippen LogP contribution in [0.15, 0.2) is 84.9 Å². The molecule has 1 aliphatic rings. The van der Waals surface area contributed by atoms with Gasteiger partial charge in [-0.05, 0) is 75.3 Å². The van der Waals surface area contributed by atoms with Gasteiger partial charge in [0.05, 0.1) is 0 Å². The van der Waals surface area contributed by atoms with E-state index < -0.39 is 0 Å². The Kier molecular flexibility index (Phi) is 3.10. The topological polar surface area (TPSA) is 4.93 Å². The van der Waals surface area contributed by atoms with E-state index in [0.29, 0.717) is 0 Å². The van der Waals surface area contributed by atoms with E-state index in [1.165, 1.54) is 65.6 Å². The van der Waals surface area contributed by atoms with Crippen molar-refractivity contribution in [3.8, 4) is 11.1 Å². The molecular formula is C29H21N. The highest BCUT2D eigenvalue weighted by Crippen LogP contribution is 2.47. The highest BCUT2D eigenvalue weighted by Gasteiger charge is 2.25. The van der Waals surface area contributed by atoms with Crippen LogP contribution in [0.3, 0.4) is 0 Å². The van der Waals surface area contributed by atoms with Crippen LogP contribution in [0.5, 0.6) is 0 Å². The zero-order chi connectivity index (χ0) is 19.8. The predicted molar refractivity (Wildman–Crippen MR) is 128 cm³/mol. The van der Waals surface area contributed by atoms with Crippen molar-refractivity contribution in [1.82, 2.24) is 4.57 Å². The molecule has 1 heterocycles. The molecule has 6 aromatic rings. The minimum atomic E-state index is 0.974. The fraction of sp³-hybridized carbons (Fsp3) is 0.103. The quantitative estimate of drug-likeness (QED) is 0.274. The number of aromatic nitrogens is 1. The number of nitrogens with zero attached hydrogens (tertiary/aromatic N) is 1. The Morgan fingerprint density at radius 2 is 1.37 bits per heavy atom. The maximum atomic E-state index is 2.48. The molecule has 5 aromatic carbocycles. The summed E-state index contributed by atoms with van der Waals surface area (Å²) in [5.41, 5.74) is 8.46. The molecule has 0 spiro atoms. The second-order valence-corrected chi connectivity index (χ2v) is 8.45. The van der Waals surface area contributed by atoms with Gasteiger partial charge in [-0.1, -0.05) is 66.7 Å². The van der Waals surface area contributed by atoms with Gasteiger partial charge < -0.3 is 4.57 Å². The first-order valence-electron chi connectivity index (χ1n) is 10.8. The van der Waals surface area contributed by atoms with Gasteiger partial charge in [0.25, 0.3) is 0 Å². The van der Waals surface area contributed by atoms with Gasteiger partial charge in [-0.3, -0.25) is 0 Å². The lowest BCUT2D eigenvalue weighted by Gasteiger charge is -2.08. The molecule has 1 heteroatoms. The van der Waals surface area contributed by atoms with Crippen molar-refractivity contribution >= 4 is 43.4 Å². The van der Waals surface area contributed by atoms with Crippen molar-refractivity contribution in [3.05, 3.63) is 96.1 Å². The smallest absolute Gasteiger partial charge is 0.0498 e. The number of fused-ring (bicyclic) bond motifs is 10. The van der Waals surface area contributed by atoms with Gasteiger partial charge in [0.15, 0.2) is 0 Å². The summed E-state index contributed by atoms with van der Waals surface area (Å²) in [7, 11) is 0. The number of rotatable bonds is 1. The highest BCUT2D eigenvalue weighted by molar-refractivity contribution is 6.25. The molecule has 0 fully saturated rings. The van der Waals surface area contributed by atoms with Gasteiger partial charge in [0.2, 0.25) is 0 Å². The summed E-state index contributed by atoms with van der Waals surface area (Å²) in [6.07, 6.45) is 1.02. The summed E-state index contributed by atoms with van der Waals surface area (Å²) in [6, 6.07) is 31.6. The molecular weight excluding hydrogens is 362 g/mol. The Morgan fingerprint density at radius 1 is 0.667 bits per heavy atom. The number of hydrogen-bond donors (Lipinski definition) is 0. The van der Waals surface area contributed by atoms with Crippen molar-refractivity contribution in [3.63, 3.8) is 0 Å². The fourth-order valence-corrected chi connectivity index (χ4v) is 5.66. The van der Waals surface area contributed by atoms with Crippen LogP contribution in [0.4, 0.5) is 0 Å². The molecule has 0 unspecified atom stereocenters. The van der Waals surface area contributed by atoms with E-state index in [4.69, 9.17) is 0 Å². The Bertz CT molecular complexity index is 1650. The standard InChI is InChI=1S/C29H21N/c1-2-30-25-13-11-18-7-5-6-10-23(18)28(25)29-26(30)14-12-21-16-22-15-19-8-3-4-9-20(19)17-24(22)27(21)29/h3-15,17H,2,16H2,1H3. The molecule has 1 aromatic heterocycles.